The van der Waals surface area contributed by atoms with Crippen LogP contribution in [0, 0.1) is 0 Å². The summed E-state index contributed by atoms with van der Waals surface area (Å²) in [6.45, 7) is 1.30. The quantitative estimate of drug-likeness (QED) is 0.561. The third-order valence-electron chi connectivity index (χ3n) is 4.95. The van der Waals surface area contributed by atoms with E-state index in [-0.39, 0.29) is 11.9 Å². The van der Waals surface area contributed by atoms with E-state index in [1.165, 1.54) is 0 Å². The molecule has 5 heterocycles. The number of nitrogens with zero attached hydrogens (tertiary/aromatic N) is 5. The lowest BCUT2D eigenvalue weighted by molar-refractivity contribution is 0.0787. The maximum Gasteiger partial charge on any atom is 0.255 e. The predicted octanol–water partition coefficient (Wildman–Crippen LogP) is 3.17. The van der Waals surface area contributed by atoms with Crippen LogP contribution in [0.25, 0.3) is 22.6 Å². The molecule has 0 spiro atoms. The van der Waals surface area contributed by atoms with Crippen LogP contribution in [0.3, 0.4) is 0 Å². The second-order valence-corrected chi connectivity index (χ2v) is 6.60. The first-order valence-electron chi connectivity index (χ1n) is 8.86. The van der Waals surface area contributed by atoms with E-state index in [4.69, 9.17) is 9.40 Å². The number of fused-ring (bicyclic) bond motifs is 1. The molecule has 1 aliphatic heterocycles. The predicted molar refractivity (Wildman–Crippen MR) is 99.0 cm³/mol. The molecular weight excluding hydrogens is 342 g/mol. The Bertz CT molecular complexity index is 1090. The van der Waals surface area contributed by atoms with Crippen molar-refractivity contribution in [2.45, 2.75) is 12.5 Å². The highest BCUT2D eigenvalue weighted by atomic mass is 16.3. The molecule has 0 radical (unpaired) electrons. The molecule has 1 atom stereocenters. The van der Waals surface area contributed by atoms with Crippen LogP contribution < -0.4 is 0 Å². The molecule has 0 N–H and O–H groups in total. The van der Waals surface area contributed by atoms with Crippen molar-refractivity contribution in [1.82, 2.24) is 24.4 Å². The number of aromatic nitrogens is 4. The Morgan fingerprint density at radius 3 is 2.93 bits per heavy atom. The van der Waals surface area contributed by atoms with E-state index >= 15 is 0 Å². The molecule has 4 aromatic rings. The van der Waals surface area contributed by atoms with Gasteiger partial charge in [0.1, 0.15) is 17.6 Å². The number of hydrogen-bond acceptors (Lipinski definition) is 5. The van der Waals surface area contributed by atoms with Crippen LogP contribution in [0.1, 0.15) is 22.8 Å². The Labute approximate surface area is 155 Å². The third-order valence-corrected chi connectivity index (χ3v) is 4.95. The Morgan fingerprint density at radius 2 is 2.11 bits per heavy atom. The first kappa shape index (κ1) is 15.7. The molecule has 1 amide bonds. The van der Waals surface area contributed by atoms with Crippen LogP contribution in [-0.2, 0) is 0 Å². The Balaban J connectivity index is 1.51. The summed E-state index contributed by atoms with van der Waals surface area (Å²) in [6.07, 6.45) is 9.22. The van der Waals surface area contributed by atoms with E-state index in [9.17, 15) is 4.79 Å². The second-order valence-electron chi connectivity index (χ2n) is 6.60. The summed E-state index contributed by atoms with van der Waals surface area (Å²) in [7, 11) is 0. The molecule has 5 rings (SSSR count). The maximum atomic E-state index is 12.8. The van der Waals surface area contributed by atoms with Crippen molar-refractivity contribution < 1.29 is 9.21 Å². The van der Waals surface area contributed by atoms with Crippen LogP contribution >= 0.6 is 0 Å². The second kappa shape index (κ2) is 6.35. The molecule has 134 valence electrons. The summed E-state index contributed by atoms with van der Waals surface area (Å²) in [4.78, 5) is 28.0. The lowest BCUT2D eigenvalue weighted by atomic mass is 10.2. The molecule has 7 nitrogen and oxygen atoms in total. The molecule has 1 fully saturated rings. The fourth-order valence-corrected chi connectivity index (χ4v) is 3.68. The zero-order valence-electron chi connectivity index (χ0n) is 14.5. The highest BCUT2D eigenvalue weighted by Crippen LogP contribution is 2.32. The van der Waals surface area contributed by atoms with Gasteiger partial charge >= 0.3 is 0 Å². The molecule has 0 unspecified atom stereocenters. The molecule has 4 aromatic heterocycles. The number of likely N-dealkylation sites (tertiary alicyclic amines) is 1. The minimum Gasteiger partial charge on any atom is -0.472 e. The normalized spacial score (nSPS) is 16.9. The largest absolute Gasteiger partial charge is 0.472 e. The van der Waals surface area contributed by atoms with Gasteiger partial charge in [-0.15, -0.1) is 0 Å². The summed E-state index contributed by atoms with van der Waals surface area (Å²) >= 11 is 0. The molecule has 0 bridgehead atoms. The van der Waals surface area contributed by atoms with Gasteiger partial charge in [-0.25, -0.2) is 9.97 Å². The molecule has 0 saturated carbocycles. The first-order valence-corrected chi connectivity index (χ1v) is 8.86. The molecule has 0 aromatic carbocycles. The van der Waals surface area contributed by atoms with Crippen molar-refractivity contribution in [3.05, 3.63) is 67.0 Å². The van der Waals surface area contributed by atoms with E-state index in [1.54, 1.807) is 43.2 Å². The average Bonchev–Trinajstić information content (AvgIpc) is 3.46. The van der Waals surface area contributed by atoms with Crippen molar-refractivity contribution in [2.75, 3.05) is 13.1 Å². The lowest BCUT2D eigenvalue weighted by Gasteiger charge is -2.18. The van der Waals surface area contributed by atoms with Gasteiger partial charge in [0, 0.05) is 31.7 Å². The number of hydrogen-bond donors (Lipinski definition) is 0. The number of imidazole rings is 1. The highest BCUT2D eigenvalue weighted by Gasteiger charge is 2.31. The molecule has 7 heteroatoms. The van der Waals surface area contributed by atoms with Crippen molar-refractivity contribution in [3.63, 3.8) is 0 Å². The number of carbonyl (C=O) groups excluding carboxylic acids is 1. The average molecular weight is 359 g/mol. The van der Waals surface area contributed by atoms with Gasteiger partial charge in [0.05, 0.1) is 23.4 Å². The number of furan rings is 1. The van der Waals surface area contributed by atoms with Crippen LogP contribution in [-0.4, -0.2) is 43.4 Å². The van der Waals surface area contributed by atoms with Crippen molar-refractivity contribution in [2.24, 2.45) is 0 Å². The smallest absolute Gasteiger partial charge is 0.255 e. The summed E-state index contributed by atoms with van der Waals surface area (Å²) in [5.41, 5.74) is 3.19. The third kappa shape index (κ3) is 2.68. The Hall–Kier alpha value is -3.48. The lowest BCUT2D eigenvalue weighted by Crippen LogP contribution is -2.29. The zero-order valence-corrected chi connectivity index (χ0v) is 14.5. The van der Waals surface area contributed by atoms with Crippen LogP contribution in [0.2, 0.25) is 0 Å². The summed E-state index contributed by atoms with van der Waals surface area (Å²) in [5.74, 6) is 0.825. The van der Waals surface area contributed by atoms with Crippen LogP contribution in [0.15, 0.2) is 65.9 Å². The van der Waals surface area contributed by atoms with Crippen molar-refractivity contribution in [1.29, 1.82) is 0 Å². The van der Waals surface area contributed by atoms with Crippen LogP contribution in [0.5, 0.6) is 0 Å². The van der Waals surface area contributed by atoms with Gasteiger partial charge in [-0.3, -0.25) is 9.78 Å². The maximum absolute atomic E-state index is 12.8. The van der Waals surface area contributed by atoms with Gasteiger partial charge in [-0.2, -0.15) is 0 Å². The first-order chi connectivity index (χ1) is 13.3. The van der Waals surface area contributed by atoms with E-state index in [0.717, 1.165) is 29.0 Å². The van der Waals surface area contributed by atoms with E-state index in [2.05, 4.69) is 14.5 Å². The number of carbonyl (C=O) groups is 1. The molecular formula is C20H17N5O2. The zero-order chi connectivity index (χ0) is 18.2. The van der Waals surface area contributed by atoms with Crippen LogP contribution in [0.4, 0.5) is 0 Å². The molecule has 0 aliphatic carbocycles. The van der Waals surface area contributed by atoms with Gasteiger partial charge in [-0.1, -0.05) is 0 Å². The highest BCUT2D eigenvalue weighted by molar-refractivity contribution is 5.94. The summed E-state index contributed by atoms with van der Waals surface area (Å²) in [6, 6.07) is 9.42. The summed E-state index contributed by atoms with van der Waals surface area (Å²) in [5, 5.41) is 0. The molecule has 1 saturated heterocycles. The number of amides is 1. The topological polar surface area (TPSA) is 77.0 Å². The Morgan fingerprint density at radius 1 is 1.19 bits per heavy atom. The van der Waals surface area contributed by atoms with Gasteiger partial charge in [0.15, 0.2) is 5.65 Å². The van der Waals surface area contributed by atoms with E-state index in [0.29, 0.717) is 18.7 Å². The van der Waals surface area contributed by atoms with Gasteiger partial charge in [0.2, 0.25) is 0 Å². The number of rotatable bonds is 3. The van der Waals surface area contributed by atoms with Gasteiger partial charge in [-0.05, 0) is 36.8 Å². The standard InChI is InChI=1S/C20H17N5O2/c26-20(14-3-1-7-21-11-14)24-9-5-16(12-24)25-18(15-6-10-27-13-15)23-17-4-2-8-22-19(17)25/h1-4,6-8,10-11,13,16H,5,9,12H2/t16-/m0/s1. The minimum absolute atomic E-state index is 0.00726. The van der Waals surface area contributed by atoms with Gasteiger partial charge in [0.25, 0.3) is 5.91 Å². The van der Waals surface area contributed by atoms with Gasteiger partial charge < -0.3 is 13.9 Å². The van der Waals surface area contributed by atoms with Crippen molar-refractivity contribution >= 4 is 17.1 Å². The Kier molecular flexibility index (Phi) is 3.71. The monoisotopic (exact) mass is 359 g/mol. The molecule has 1 aliphatic rings. The SMILES string of the molecule is O=C(c1cccnc1)N1CC[C@H](n2c(-c3ccoc3)nc3cccnc32)C1. The minimum atomic E-state index is 0.00726. The van der Waals surface area contributed by atoms with Crippen molar-refractivity contribution in [3.8, 4) is 11.4 Å². The fourth-order valence-electron chi connectivity index (χ4n) is 3.68. The fraction of sp³-hybridized carbons (Fsp3) is 0.200. The summed E-state index contributed by atoms with van der Waals surface area (Å²) < 4.78 is 7.39. The number of pyridine rings is 2. The van der Waals surface area contributed by atoms with E-state index < -0.39 is 0 Å². The molecule has 27 heavy (non-hydrogen) atoms. The van der Waals surface area contributed by atoms with E-state index in [1.807, 2.05) is 23.1 Å².